The topological polar surface area (TPSA) is 41.6 Å². The van der Waals surface area contributed by atoms with Crippen molar-refractivity contribution in [3.8, 4) is 0 Å². The number of hydrogen-bond acceptors (Lipinski definition) is 2. The first-order valence-corrected chi connectivity index (χ1v) is 8.46. The summed E-state index contributed by atoms with van der Waals surface area (Å²) in [5.41, 5.74) is -1.88. The summed E-state index contributed by atoms with van der Waals surface area (Å²) in [5, 5.41) is 0. The second kappa shape index (κ2) is 7.52. The van der Waals surface area contributed by atoms with Gasteiger partial charge in [0.2, 0.25) is 0 Å². The minimum Gasteiger partial charge on any atom is -0.341 e. The fourth-order valence-electron chi connectivity index (χ4n) is 2.70. The summed E-state index contributed by atoms with van der Waals surface area (Å²) in [6.45, 7) is 6.02. The van der Waals surface area contributed by atoms with Gasteiger partial charge in [0, 0.05) is 6.42 Å². The summed E-state index contributed by atoms with van der Waals surface area (Å²) in [6.07, 6.45) is -6.79. The van der Waals surface area contributed by atoms with Crippen LogP contribution in [0.25, 0.3) is 11.2 Å². The summed E-state index contributed by atoms with van der Waals surface area (Å²) in [4.78, 5) is 10.5. The van der Waals surface area contributed by atoms with E-state index in [1.54, 1.807) is 0 Å². The molecule has 0 radical (unpaired) electrons. The fraction of sp³-hybridized carbons (Fsp3) is 0.556. The zero-order valence-corrected chi connectivity index (χ0v) is 15.1. The van der Waals surface area contributed by atoms with E-state index in [0.717, 1.165) is 19.9 Å². The Morgan fingerprint density at radius 1 is 1.04 bits per heavy atom. The Hall–Kier alpha value is -2.06. The lowest BCUT2D eigenvalue weighted by atomic mass is 9.84. The standard InChI is InChI=1S/C18H21F6N3/c1-11(10-16(2,3)18(22,23)24)6-4-5-7-14-25-12-8-9-13(17(19,20)21)26-15(12)27-14/h8-9H,1,4-7,10H2,2-3H3,(H,25,26,27). The van der Waals surface area contributed by atoms with Crippen LogP contribution in [0, 0.1) is 5.41 Å². The zero-order valence-electron chi connectivity index (χ0n) is 15.1. The maximum Gasteiger partial charge on any atom is 0.433 e. The molecule has 0 amide bonds. The largest absolute Gasteiger partial charge is 0.433 e. The molecule has 0 bridgehead atoms. The lowest BCUT2D eigenvalue weighted by molar-refractivity contribution is -0.211. The van der Waals surface area contributed by atoms with Crippen LogP contribution in [-0.2, 0) is 12.6 Å². The molecule has 2 aromatic heterocycles. The molecule has 2 aromatic rings. The predicted molar refractivity (Wildman–Crippen MR) is 90.0 cm³/mol. The van der Waals surface area contributed by atoms with Crippen LogP contribution in [0.1, 0.15) is 51.0 Å². The normalized spacial score (nSPS) is 13.3. The first-order valence-electron chi connectivity index (χ1n) is 8.46. The van der Waals surface area contributed by atoms with Crippen molar-refractivity contribution in [3.63, 3.8) is 0 Å². The molecule has 0 saturated carbocycles. The summed E-state index contributed by atoms with van der Waals surface area (Å²) >= 11 is 0. The van der Waals surface area contributed by atoms with Crippen molar-refractivity contribution in [2.75, 3.05) is 0 Å². The molecule has 0 aliphatic rings. The molecule has 1 N–H and O–H groups in total. The third-order valence-corrected chi connectivity index (χ3v) is 4.34. The average Bonchev–Trinajstić information content (AvgIpc) is 2.91. The van der Waals surface area contributed by atoms with Crippen LogP contribution in [0.5, 0.6) is 0 Å². The molecule has 150 valence electrons. The van der Waals surface area contributed by atoms with Gasteiger partial charge in [0.25, 0.3) is 0 Å². The molecule has 0 spiro atoms. The van der Waals surface area contributed by atoms with Gasteiger partial charge in [0.1, 0.15) is 11.5 Å². The van der Waals surface area contributed by atoms with E-state index in [4.69, 9.17) is 0 Å². The molecule has 2 heterocycles. The highest BCUT2D eigenvalue weighted by atomic mass is 19.4. The van der Waals surface area contributed by atoms with Crippen LogP contribution < -0.4 is 0 Å². The van der Waals surface area contributed by atoms with E-state index < -0.39 is 23.5 Å². The van der Waals surface area contributed by atoms with Gasteiger partial charge in [0.05, 0.1) is 10.9 Å². The summed E-state index contributed by atoms with van der Waals surface area (Å²) < 4.78 is 76.6. The van der Waals surface area contributed by atoms with Crippen molar-refractivity contribution < 1.29 is 26.3 Å². The molecule has 0 saturated heterocycles. The molecular formula is C18H21F6N3. The van der Waals surface area contributed by atoms with Crippen LogP contribution in [0.15, 0.2) is 24.3 Å². The maximum atomic E-state index is 12.9. The van der Waals surface area contributed by atoms with Gasteiger partial charge in [-0.3, -0.25) is 0 Å². The van der Waals surface area contributed by atoms with Gasteiger partial charge in [-0.15, -0.1) is 0 Å². The van der Waals surface area contributed by atoms with E-state index in [9.17, 15) is 26.3 Å². The highest BCUT2D eigenvalue weighted by Crippen LogP contribution is 2.42. The predicted octanol–water partition coefficient (Wildman–Crippen LogP) is 6.22. The number of rotatable bonds is 7. The lowest BCUT2D eigenvalue weighted by Gasteiger charge is -2.28. The Labute approximate surface area is 152 Å². The second-order valence-corrected chi connectivity index (χ2v) is 7.26. The monoisotopic (exact) mass is 393 g/mol. The quantitative estimate of drug-likeness (QED) is 0.344. The van der Waals surface area contributed by atoms with E-state index in [2.05, 4.69) is 21.5 Å². The van der Waals surface area contributed by atoms with Gasteiger partial charge < -0.3 is 4.98 Å². The fourth-order valence-corrected chi connectivity index (χ4v) is 2.70. The minimum absolute atomic E-state index is 0.00355. The summed E-state index contributed by atoms with van der Waals surface area (Å²) in [6, 6.07) is 2.17. The van der Waals surface area contributed by atoms with E-state index >= 15 is 0 Å². The van der Waals surface area contributed by atoms with Crippen LogP contribution in [-0.4, -0.2) is 21.1 Å². The molecule has 9 heteroatoms. The number of aryl methyl sites for hydroxylation is 1. The van der Waals surface area contributed by atoms with Crippen molar-refractivity contribution in [3.05, 3.63) is 35.8 Å². The lowest BCUT2D eigenvalue weighted by Crippen LogP contribution is -2.32. The number of H-pyrrole nitrogens is 1. The van der Waals surface area contributed by atoms with Gasteiger partial charge in [-0.1, -0.05) is 26.0 Å². The molecule has 0 unspecified atom stereocenters. The number of allylic oxidation sites excluding steroid dienone is 1. The number of halogens is 6. The number of aromatic nitrogens is 3. The SMILES string of the molecule is C=C(CCCCc1nc2nc(C(F)(F)F)ccc2[nH]1)CC(C)(C)C(F)(F)F. The first-order chi connectivity index (χ1) is 12.3. The van der Waals surface area contributed by atoms with E-state index in [1.807, 2.05) is 0 Å². The van der Waals surface area contributed by atoms with Crippen molar-refractivity contribution >= 4 is 11.2 Å². The van der Waals surface area contributed by atoms with E-state index in [-0.39, 0.29) is 12.1 Å². The van der Waals surface area contributed by atoms with Gasteiger partial charge in [-0.25, -0.2) is 9.97 Å². The number of alkyl halides is 6. The second-order valence-electron chi connectivity index (χ2n) is 7.26. The highest BCUT2D eigenvalue weighted by Gasteiger charge is 2.46. The third-order valence-electron chi connectivity index (χ3n) is 4.34. The van der Waals surface area contributed by atoms with Gasteiger partial charge in [-0.2, -0.15) is 26.3 Å². The Bertz CT molecular complexity index is 802. The number of pyridine rings is 1. The molecule has 0 aliphatic heterocycles. The number of fused-ring (bicyclic) bond motifs is 1. The minimum atomic E-state index is -4.53. The number of aromatic amines is 1. The van der Waals surface area contributed by atoms with Crippen LogP contribution in [0.4, 0.5) is 26.3 Å². The Morgan fingerprint density at radius 3 is 2.30 bits per heavy atom. The Kier molecular flexibility index (Phi) is 5.91. The Morgan fingerprint density at radius 2 is 1.70 bits per heavy atom. The van der Waals surface area contributed by atoms with Gasteiger partial charge in [-0.05, 0) is 37.8 Å². The van der Waals surface area contributed by atoms with E-state index in [1.165, 1.54) is 6.07 Å². The smallest absolute Gasteiger partial charge is 0.341 e. The van der Waals surface area contributed by atoms with Gasteiger partial charge in [0.15, 0.2) is 5.65 Å². The molecule has 0 aliphatic carbocycles. The molecule has 0 atom stereocenters. The van der Waals surface area contributed by atoms with Crippen molar-refractivity contribution in [1.82, 2.24) is 15.0 Å². The van der Waals surface area contributed by atoms with Crippen molar-refractivity contribution in [2.24, 2.45) is 5.41 Å². The molecule has 0 aromatic carbocycles. The molecular weight excluding hydrogens is 372 g/mol. The van der Waals surface area contributed by atoms with Gasteiger partial charge >= 0.3 is 12.4 Å². The third kappa shape index (κ3) is 5.46. The molecule has 3 nitrogen and oxygen atoms in total. The van der Waals surface area contributed by atoms with Crippen molar-refractivity contribution in [1.29, 1.82) is 0 Å². The summed E-state index contributed by atoms with van der Waals surface area (Å²) in [5.74, 6) is 0.498. The molecule has 2 rings (SSSR count). The first kappa shape index (κ1) is 21.2. The van der Waals surface area contributed by atoms with Crippen LogP contribution in [0.2, 0.25) is 0 Å². The zero-order chi connectivity index (χ0) is 20.5. The molecule has 0 fully saturated rings. The van der Waals surface area contributed by atoms with E-state index in [0.29, 0.717) is 42.6 Å². The number of unbranched alkanes of at least 4 members (excludes halogenated alkanes) is 1. The summed E-state index contributed by atoms with van der Waals surface area (Å²) in [7, 11) is 0. The van der Waals surface area contributed by atoms with Crippen molar-refractivity contribution in [2.45, 2.75) is 58.3 Å². The number of nitrogens with zero attached hydrogens (tertiary/aromatic N) is 2. The number of hydrogen-bond donors (Lipinski definition) is 1. The molecule has 27 heavy (non-hydrogen) atoms. The highest BCUT2D eigenvalue weighted by molar-refractivity contribution is 5.70. The number of imidazole rings is 1. The van der Waals surface area contributed by atoms with Crippen LogP contribution >= 0.6 is 0 Å². The average molecular weight is 393 g/mol. The Balaban J connectivity index is 1.86. The van der Waals surface area contributed by atoms with Crippen LogP contribution in [0.3, 0.4) is 0 Å². The maximum absolute atomic E-state index is 12.9. The number of nitrogens with one attached hydrogen (secondary N) is 1.